The van der Waals surface area contributed by atoms with Gasteiger partial charge in [-0.05, 0) is 25.8 Å². The van der Waals surface area contributed by atoms with E-state index >= 15 is 0 Å². The number of carbonyl (C=O) groups excluding carboxylic acids is 1. The molecule has 0 aromatic carbocycles. The van der Waals surface area contributed by atoms with Gasteiger partial charge in [0.2, 0.25) is 0 Å². The molecule has 0 aliphatic heterocycles. The van der Waals surface area contributed by atoms with Gasteiger partial charge in [-0.3, -0.25) is 4.79 Å². The van der Waals surface area contributed by atoms with E-state index in [9.17, 15) is 4.79 Å². The molecule has 0 radical (unpaired) electrons. The number of unbranched alkanes of at least 4 members (excludes halogenated alkanes) is 3. The topological polar surface area (TPSA) is 42.9 Å². The van der Waals surface area contributed by atoms with Gasteiger partial charge in [-0.2, -0.15) is 10.2 Å². The molecule has 0 spiro atoms. The van der Waals surface area contributed by atoms with E-state index in [1.165, 1.54) is 12.8 Å². The van der Waals surface area contributed by atoms with Crippen molar-refractivity contribution < 1.29 is 4.79 Å². The van der Waals surface area contributed by atoms with Gasteiger partial charge in [0.1, 0.15) is 0 Å². The first kappa shape index (κ1) is 13.8. The highest BCUT2D eigenvalue weighted by Gasteiger charge is 2.12. The summed E-state index contributed by atoms with van der Waals surface area (Å²) in [6, 6.07) is 1.87. The minimum absolute atomic E-state index is 0.218. The summed E-state index contributed by atoms with van der Waals surface area (Å²) in [6.07, 6.45) is 5.94. The third-order valence-corrected chi connectivity index (χ3v) is 2.89. The van der Waals surface area contributed by atoms with Gasteiger partial charge in [0.15, 0.2) is 5.78 Å². The number of Topliss-reactive ketones (excluding diaryl/α,β-unsaturated/α-hetero) is 1. The van der Waals surface area contributed by atoms with Crippen LogP contribution in [-0.2, 0) is 6.42 Å². The molecular weight excluding hydrogens is 212 g/mol. The molecule has 0 aliphatic carbocycles. The van der Waals surface area contributed by atoms with E-state index in [1.807, 2.05) is 19.9 Å². The van der Waals surface area contributed by atoms with Crippen molar-refractivity contribution in [3.05, 3.63) is 23.0 Å². The predicted octanol–water partition coefficient (Wildman–Crippen LogP) is 3.50. The van der Waals surface area contributed by atoms with E-state index in [0.29, 0.717) is 6.42 Å². The molecule has 94 valence electrons. The molecule has 1 aromatic heterocycles. The first-order chi connectivity index (χ1) is 8.19. The van der Waals surface area contributed by atoms with Crippen LogP contribution in [0.3, 0.4) is 0 Å². The number of hydrogen-bond acceptors (Lipinski definition) is 3. The summed E-state index contributed by atoms with van der Waals surface area (Å²) in [4.78, 5) is 12.1. The summed E-state index contributed by atoms with van der Waals surface area (Å²) in [7, 11) is 0. The average molecular weight is 234 g/mol. The van der Waals surface area contributed by atoms with E-state index in [2.05, 4.69) is 17.1 Å². The molecule has 0 saturated heterocycles. The van der Waals surface area contributed by atoms with E-state index in [4.69, 9.17) is 0 Å². The predicted molar refractivity (Wildman–Crippen MR) is 69.2 cm³/mol. The first-order valence-corrected chi connectivity index (χ1v) is 6.55. The second kappa shape index (κ2) is 7.15. The third-order valence-electron chi connectivity index (χ3n) is 2.89. The Labute approximate surface area is 104 Å². The highest BCUT2D eigenvalue weighted by atomic mass is 16.1. The molecule has 1 aromatic rings. The minimum atomic E-state index is 0.218. The van der Waals surface area contributed by atoms with Crippen LogP contribution >= 0.6 is 0 Å². The lowest BCUT2D eigenvalue weighted by Gasteiger charge is -2.06. The molecule has 3 nitrogen and oxygen atoms in total. The molecule has 0 saturated carbocycles. The zero-order valence-corrected chi connectivity index (χ0v) is 11.1. The third kappa shape index (κ3) is 4.25. The van der Waals surface area contributed by atoms with Gasteiger partial charge in [-0.25, -0.2) is 0 Å². The van der Waals surface area contributed by atoms with Crippen LogP contribution in [0.15, 0.2) is 6.07 Å². The number of aryl methyl sites for hydroxylation is 2. The highest BCUT2D eigenvalue weighted by molar-refractivity contribution is 5.97. The summed E-state index contributed by atoms with van der Waals surface area (Å²) < 4.78 is 0. The van der Waals surface area contributed by atoms with Crippen molar-refractivity contribution in [2.24, 2.45) is 0 Å². The Hall–Kier alpha value is -1.25. The van der Waals surface area contributed by atoms with Crippen molar-refractivity contribution in [3.63, 3.8) is 0 Å². The molecule has 0 unspecified atom stereocenters. The van der Waals surface area contributed by atoms with E-state index in [-0.39, 0.29) is 5.78 Å². The van der Waals surface area contributed by atoms with Crippen LogP contribution in [0.4, 0.5) is 0 Å². The SMILES string of the molecule is CCCCCCC(=O)c1cc(C)nnc1CC. The highest BCUT2D eigenvalue weighted by Crippen LogP contribution is 2.13. The van der Waals surface area contributed by atoms with Gasteiger partial charge in [-0.1, -0.05) is 33.1 Å². The van der Waals surface area contributed by atoms with Crippen LogP contribution in [0.5, 0.6) is 0 Å². The van der Waals surface area contributed by atoms with Gasteiger partial charge < -0.3 is 0 Å². The summed E-state index contributed by atoms with van der Waals surface area (Å²) in [5.41, 5.74) is 2.42. The molecule has 0 bridgehead atoms. The molecule has 0 amide bonds. The van der Waals surface area contributed by atoms with Crippen LogP contribution in [-0.4, -0.2) is 16.0 Å². The Balaban J connectivity index is 2.64. The molecule has 0 atom stereocenters. The zero-order valence-electron chi connectivity index (χ0n) is 11.1. The number of aromatic nitrogens is 2. The summed E-state index contributed by atoms with van der Waals surface area (Å²) in [5.74, 6) is 0.218. The number of ketones is 1. The maximum absolute atomic E-state index is 12.1. The van der Waals surface area contributed by atoms with Crippen LogP contribution in [0, 0.1) is 6.92 Å². The molecular formula is C14H22N2O. The molecule has 3 heteroatoms. The van der Waals surface area contributed by atoms with E-state index in [1.54, 1.807) is 0 Å². The monoisotopic (exact) mass is 234 g/mol. The van der Waals surface area contributed by atoms with Crippen molar-refractivity contribution >= 4 is 5.78 Å². The lowest BCUT2D eigenvalue weighted by atomic mass is 10.0. The number of hydrogen-bond donors (Lipinski definition) is 0. The Bertz CT molecular complexity index is 374. The van der Waals surface area contributed by atoms with Gasteiger partial charge in [0, 0.05) is 12.0 Å². The standard InChI is InChI=1S/C14H22N2O/c1-4-6-7-8-9-14(17)12-10-11(3)15-16-13(12)5-2/h10H,4-9H2,1-3H3. The summed E-state index contributed by atoms with van der Waals surface area (Å²) >= 11 is 0. The Morgan fingerprint density at radius 1 is 1.18 bits per heavy atom. The summed E-state index contributed by atoms with van der Waals surface area (Å²) in [6.45, 7) is 6.06. The summed E-state index contributed by atoms with van der Waals surface area (Å²) in [5, 5.41) is 8.09. The van der Waals surface area contributed by atoms with Crippen LogP contribution < -0.4 is 0 Å². The Morgan fingerprint density at radius 3 is 2.59 bits per heavy atom. The second-order valence-corrected chi connectivity index (χ2v) is 4.43. The normalized spacial score (nSPS) is 10.5. The van der Waals surface area contributed by atoms with Crippen molar-refractivity contribution in [2.45, 2.75) is 59.3 Å². The Morgan fingerprint density at radius 2 is 1.94 bits per heavy atom. The molecule has 1 rings (SSSR count). The smallest absolute Gasteiger partial charge is 0.164 e. The number of nitrogens with zero attached hydrogens (tertiary/aromatic N) is 2. The Kier molecular flexibility index (Phi) is 5.81. The molecule has 0 N–H and O–H groups in total. The maximum Gasteiger partial charge on any atom is 0.164 e. The lowest BCUT2D eigenvalue weighted by Crippen LogP contribution is -2.07. The number of rotatable bonds is 7. The minimum Gasteiger partial charge on any atom is -0.294 e. The number of carbonyl (C=O) groups is 1. The maximum atomic E-state index is 12.1. The average Bonchev–Trinajstić information content (AvgIpc) is 2.34. The molecule has 0 aliphatic rings. The van der Waals surface area contributed by atoms with Crippen LogP contribution in [0.1, 0.15) is 67.7 Å². The van der Waals surface area contributed by atoms with Crippen LogP contribution in [0.2, 0.25) is 0 Å². The van der Waals surface area contributed by atoms with Gasteiger partial charge in [0.25, 0.3) is 0 Å². The largest absolute Gasteiger partial charge is 0.294 e. The fourth-order valence-corrected chi connectivity index (χ4v) is 1.86. The second-order valence-electron chi connectivity index (χ2n) is 4.43. The van der Waals surface area contributed by atoms with E-state index in [0.717, 1.165) is 36.2 Å². The molecule has 17 heavy (non-hydrogen) atoms. The zero-order chi connectivity index (χ0) is 12.7. The fraction of sp³-hybridized carbons (Fsp3) is 0.643. The van der Waals surface area contributed by atoms with Gasteiger partial charge >= 0.3 is 0 Å². The van der Waals surface area contributed by atoms with Gasteiger partial charge in [-0.15, -0.1) is 0 Å². The van der Waals surface area contributed by atoms with Gasteiger partial charge in [0.05, 0.1) is 11.4 Å². The van der Waals surface area contributed by atoms with Crippen molar-refractivity contribution in [1.82, 2.24) is 10.2 Å². The van der Waals surface area contributed by atoms with Crippen LogP contribution in [0.25, 0.3) is 0 Å². The first-order valence-electron chi connectivity index (χ1n) is 6.55. The van der Waals surface area contributed by atoms with E-state index < -0.39 is 0 Å². The quantitative estimate of drug-likeness (QED) is 0.535. The van der Waals surface area contributed by atoms with Crippen molar-refractivity contribution in [1.29, 1.82) is 0 Å². The fourth-order valence-electron chi connectivity index (χ4n) is 1.86. The van der Waals surface area contributed by atoms with Crippen molar-refractivity contribution in [2.75, 3.05) is 0 Å². The molecule has 0 fully saturated rings. The van der Waals surface area contributed by atoms with Crippen molar-refractivity contribution in [3.8, 4) is 0 Å². The molecule has 1 heterocycles. The lowest BCUT2D eigenvalue weighted by molar-refractivity contribution is 0.0977.